The third-order valence-corrected chi connectivity index (χ3v) is 6.42. The summed E-state index contributed by atoms with van der Waals surface area (Å²) >= 11 is 0. The molecule has 1 saturated carbocycles. The minimum Gasteiger partial charge on any atom is -0.381 e. The summed E-state index contributed by atoms with van der Waals surface area (Å²) < 4.78 is 0. The minimum absolute atomic E-state index is 0.0768. The van der Waals surface area contributed by atoms with E-state index in [0.717, 1.165) is 25.8 Å². The number of rotatable bonds is 8. The van der Waals surface area contributed by atoms with Crippen molar-refractivity contribution in [2.24, 2.45) is 17.8 Å². The van der Waals surface area contributed by atoms with Gasteiger partial charge in [0.05, 0.1) is 12.1 Å². The Kier molecular flexibility index (Phi) is 6.60. The van der Waals surface area contributed by atoms with Crippen LogP contribution in [0.1, 0.15) is 46.0 Å². The second-order valence-corrected chi connectivity index (χ2v) is 8.98. The van der Waals surface area contributed by atoms with Crippen LogP contribution in [0.15, 0.2) is 0 Å². The van der Waals surface area contributed by atoms with E-state index in [1.165, 1.54) is 0 Å². The molecule has 2 aliphatic heterocycles. The Morgan fingerprint density at radius 1 is 1.25 bits per heavy atom. The Bertz CT molecular complexity index is 607. The Morgan fingerprint density at radius 2 is 1.96 bits per heavy atom. The molecule has 0 spiro atoms. The van der Waals surface area contributed by atoms with Crippen molar-refractivity contribution in [1.29, 1.82) is 0 Å². The molecule has 4 unspecified atom stereocenters. The van der Waals surface area contributed by atoms with Gasteiger partial charge in [0.2, 0.25) is 11.8 Å². The van der Waals surface area contributed by atoms with Crippen molar-refractivity contribution in [1.82, 2.24) is 20.9 Å². The maximum absolute atomic E-state index is 13.1. The average molecular weight is 395 g/mol. The summed E-state index contributed by atoms with van der Waals surface area (Å²) in [7, 11) is 1.93. The lowest BCUT2D eigenvalue weighted by molar-refractivity contribution is -0.135. The molecule has 8 heteroatoms. The fourth-order valence-electron chi connectivity index (χ4n) is 4.48. The van der Waals surface area contributed by atoms with Crippen LogP contribution in [0.25, 0.3) is 0 Å². The number of nitrogens with zero attached hydrogens (tertiary/aromatic N) is 1. The molecule has 5 atom stereocenters. The number of carbonyl (C=O) groups excluding carboxylic acids is 3. The topological polar surface area (TPSA) is 111 Å². The zero-order chi connectivity index (χ0) is 20.4. The second kappa shape index (κ2) is 8.78. The van der Waals surface area contributed by atoms with Crippen LogP contribution in [0.2, 0.25) is 0 Å². The lowest BCUT2D eigenvalue weighted by atomic mass is 9.87. The fourth-order valence-corrected chi connectivity index (χ4v) is 4.48. The molecule has 2 heterocycles. The van der Waals surface area contributed by atoms with Crippen molar-refractivity contribution in [2.75, 3.05) is 20.1 Å². The van der Waals surface area contributed by atoms with Gasteiger partial charge in [0.1, 0.15) is 0 Å². The molecule has 0 aromatic heterocycles. The lowest BCUT2D eigenvalue weighted by Crippen LogP contribution is -2.56. The lowest BCUT2D eigenvalue weighted by Gasteiger charge is -2.31. The van der Waals surface area contributed by atoms with Gasteiger partial charge in [-0.05, 0) is 57.5 Å². The molecule has 0 aromatic carbocycles. The summed E-state index contributed by atoms with van der Waals surface area (Å²) in [5.41, 5.74) is 0. The highest BCUT2D eigenvalue weighted by Gasteiger charge is 2.42. The van der Waals surface area contributed by atoms with E-state index in [1.54, 1.807) is 0 Å². The first kappa shape index (κ1) is 21.0. The number of aliphatic hydroxyl groups excluding tert-OH is 1. The molecular formula is C20H34N4O4. The number of nitrogens with one attached hydrogen (secondary N) is 3. The number of hydrogen-bond donors (Lipinski definition) is 4. The van der Waals surface area contributed by atoms with Gasteiger partial charge in [0, 0.05) is 18.5 Å². The predicted octanol–water partition coefficient (Wildman–Crippen LogP) is -0.387. The molecule has 3 rings (SSSR count). The number of amides is 3. The first-order valence-electron chi connectivity index (χ1n) is 10.5. The van der Waals surface area contributed by atoms with Gasteiger partial charge in [-0.2, -0.15) is 0 Å². The number of hydrogen-bond acceptors (Lipinski definition) is 5. The number of likely N-dealkylation sites (N-methyl/N-ethyl adjacent to an activating group) is 1. The molecule has 8 nitrogen and oxygen atoms in total. The Hall–Kier alpha value is -1.67. The standard InChI is InChI=1S/C20H34N4O4/c1-11(2)14-7-9-24(3)16(14)19(27)23-15(10-12-6-8-21-18(12)26)17(25)20(28)22-13-4-5-13/h11-17,25H,4-10H2,1-3H3,(H,21,26)(H,22,28)(H,23,27)/t12-,14?,15?,16?,17?/m0/s1. The fraction of sp³-hybridized carbons (Fsp3) is 0.850. The van der Waals surface area contributed by atoms with E-state index in [2.05, 4.69) is 29.8 Å². The Labute approximate surface area is 166 Å². The summed E-state index contributed by atoms with van der Waals surface area (Å²) in [6.07, 6.45) is 2.35. The summed E-state index contributed by atoms with van der Waals surface area (Å²) in [6.45, 7) is 5.67. The third kappa shape index (κ3) is 4.84. The van der Waals surface area contributed by atoms with Crippen LogP contribution in [0.4, 0.5) is 0 Å². The van der Waals surface area contributed by atoms with Gasteiger partial charge in [0.25, 0.3) is 5.91 Å². The maximum Gasteiger partial charge on any atom is 0.251 e. The van der Waals surface area contributed by atoms with Crippen LogP contribution in [-0.4, -0.2) is 72.1 Å². The molecule has 0 aromatic rings. The van der Waals surface area contributed by atoms with Gasteiger partial charge in [-0.15, -0.1) is 0 Å². The van der Waals surface area contributed by atoms with Crippen LogP contribution in [0, 0.1) is 17.8 Å². The summed E-state index contributed by atoms with van der Waals surface area (Å²) in [6, 6.07) is -0.930. The van der Waals surface area contributed by atoms with Crippen LogP contribution in [0.3, 0.4) is 0 Å². The molecule has 158 valence electrons. The maximum atomic E-state index is 13.1. The van der Waals surface area contributed by atoms with Gasteiger partial charge in [0.15, 0.2) is 6.10 Å². The highest BCUT2D eigenvalue weighted by Crippen LogP contribution is 2.30. The van der Waals surface area contributed by atoms with Crippen LogP contribution >= 0.6 is 0 Å². The van der Waals surface area contributed by atoms with Crippen molar-refractivity contribution in [3.05, 3.63) is 0 Å². The van der Waals surface area contributed by atoms with Gasteiger partial charge in [-0.3, -0.25) is 19.3 Å². The number of likely N-dealkylation sites (tertiary alicyclic amines) is 1. The van der Waals surface area contributed by atoms with Crippen molar-refractivity contribution in [2.45, 2.75) is 70.2 Å². The average Bonchev–Trinajstić information content (AvgIpc) is 3.22. The zero-order valence-electron chi connectivity index (χ0n) is 17.1. The van der Waals surface area contributed by atoms with E-state index in [1.807, 2.05) is 11.9 Å². The minimum atomic E-state index is -1.36. The van der Waals surface area contributed by atoms with Gasteiger partial charge in [-0.1, -0.05) is 13.8 Å². The largest absolute Gasteiger partial charge is 0.381 e. The third-order valence-electron chi connectivity index (χ3n) is 6.42. The molecular weight excluding hydrogens is 360 g/mol. The molecule has 2 saturated heterocycles. The van der Waals surface area contributed by atoms with Crippen LogP contribution in [0.5, 0.6) is 0 Å². The van der Waals surface area contributed by atoms with Crippen molar-refractivity contribution < 1.29 is 19.5 Å². The molecule has 3 aliphatic rings. The first-order valence-corrected chi connectivity index (χ1v) is 10.5. The van der Waals surface area contributed by atoms with Crippen molar-refractivity contribution in [3.63, 3.8) is 0 Å². The van der Waals surface area contributed by atoms with E-state index < -0.39 is 18.1 Å². The monoisotopic (exact) mass is 394 g/mol. The summed E-state index contributed by atoms with van der Waals surface area (Å²) in [4.78, 5) is 39.6. The summed E-state index contributed by atoms with van der Waals surface area (Å²) in [5, 5.41) is 19.2. The number of aliphatic hydroxyl groups is 1. The molecule has 0 bridgehead atoms. The zero-order valence-corrected chi connectivity index (χ0v) is 17.1. The van der Waals surface area contributed by atoms with E-state index in [-0.39, 0.29) is 42.2 Å². The Balaban J connectivity index is 1.70. The second-order valence-electron chi connectivity index (χ2n) is 8.98. The van der Waals surface area contributed by atoms with Crippen molar-refractivity contribution >= 4 is 17.7 Å². The van der Waals surface area contributed by atoms with E-state index in [4.69, 9.17) is 0 Å². The van der Waals surface area contributed by atoms with Gasteiger partial charge >= 0.3 is 0 Å². The van der Waals surface area contributed by atoms with E-state index >= 15 is 0 Å². The molecule has 3 fully saturated rings. The Morgan fingerprint density at radius 3 is 2.54 bits per heavy atom. The van der Waals surface area contributed by atoms with Gasteiger partial charge in [-0.25, -0.2) is 0 Å². The SMILES string of the molecule is CC(C)C1CCN(C)C1C(=O)NC(C[C@@H]1CCNC1=O)C(O)C(=O)NC1CC1. The quantitative estimate of drug-likeness (QED) is 0.448. The number of carbonyl (C=O) groups is 3. The van der Waals surface area contributed by atoms with Gasteiger partial charge < -0.3 is 21.1 Å². The van der Waals surface area contributed by atoms with Crippen LogP contribution < -0.4 is 16.0 Å². The molecule has 3 amide bonds. The van der Waals surface area contributed by atoms with Crippen LogP contribution in [-0.2, 0) is 14.4 Å². The molecule has 0 radical (unpaired) electrons. The molecule has 4 N–H and O–H groups in total. The predicted molar refractivity (Wildman–Crippen MR) is 104 cm³/mol. The summed E-state index contributed by atoms with van der Waals surface area (Å²) in [5.74, 6) is -0.407. The van der Waals surface area contributed by atoms with E-state index in [9.17, 15) is 19.5 Å². The molecule has 1 aliphatic carbocycles. The smallest absolute Gasteiger partial charge is 0.251 e. The van der Waals surface area contributed by atoms with E-state index in [0.29, 0.717) is 18.9 Å². The highest BCUT2D eigenvalue weighted by atomic mass is 16.3. The molecule has 28 heavy (non-hydrogen) atoms. The first-order chi connectivity index (χ1) is 13.3. The normalized spacial score (nSPS) is 30.2. The van der Waals surface area contributed by atoms with Crippen molar-refractivity contribution in [3.8, 4) is 0 Å². The highest BCUT2D eigenvalue weighted by molar-refractivity contribution is 5.86.